The summed E-state index contributed by atoms with van der Waals surface area (Å²) in [5.41, 5.74) is 8.36. The highest BCUT2D eigenvalue weighted by Crippen LogP contribution is 2.35. The minimum atomic E-state index is 0.999. The molecule has 0 aliphatic rings. The fourth-order valence-electron chi connectivity index (χ4n) is 4.03. The number of para-hydroxylation sites is 2. The molecule has 0 spiro atoms. The standard InChI is InChI=1S/C25H20N2/c1-17-9-8-10-18(2)25(17)27-23-14-7-6-13-20(23)21-16-26-22(15-24(21)27)19-11-4-3-5-12-19/h3-16H,1-2H3. The summed E-state index contributed by atoms with van der Waals surface area (Å²) in [4.78, 5) is 4.77. The molecule has 0 fully saturated rings. The monoisotopic (exact) mass is 348 g/mol. The maximum Gasteiger partial charge on any atom is 0.0723 e. The van der Waals surface area contributed by atoms with Gasteiger partial charge in [-0.25, -0.2) is 0 Å². The van der Waals surface area contributed by atoms with Gasteiger partial charge in [0.2, 0.25) is 0 Å². The molecule has 5 aromatic rings. The largest absolute Gasteiger partial charge is 0.309 e. The molecule has 0 radical (unpaired) electrons. The second-order valence-corrected chi connectivity index (χ2v) is 7.05. The molecule has 2 heterocycles. The number of fused-ring (bicyclic) bond motifs is 3. The first-order valence-electron chi connectivity index (χ1n) is 9.25. The van der Waals surface area contributed by atoms with Crippen molar-refractivity contribution in [1.82, 2.24) is 9.55 Å². The Balaban J connectivity index is 1.92. The van der Waals surface area contributed by atoms with Gasteiger partial charge in [-0.1, -0.05) is 66.7 Å². The van der Waals surface area contributed by atoms with Crippen LogP contribution in [-0.2, 0) is 0 Å². The van der Waals surface area contributed by atoms with Crippen molar-refractivity contribution in [3.8, 4) is 16.9 Å². The van der Waals surface area contributed by atoms with Crippen molar-refractivity contribution in [2.45, 2.75) is 13.8 Å². The van der Waals surface area contributed by atoms with Crippen LogP contribution in [-0.4, -0.2) is 9.55 Å². The average Bonchev–Trinajstić information content (AvgIpc) is 3.02. The van der Waals surface area contributed by atoms with Crippen molar-refractivity contribution in [3.63, 3.8) is 0 Å². The van der Waals surface area contributed by atoms with E-state index in [0.717, 1.165) is 11.3 Å². The van der Waals surface area contributed by atoms with Crippen molar-refractivity contribution in [3.05, 3.63) is 96.2 Å². The van der Waals surface area contributed by atoms with Gasteiger partial charge >= 0.3 is 0 Å². The lowest BCUT2D eigenvalue weighted by Crippen LogP contribution is -2.00. The molecule has 0 N–H and O–H groups in total. The molecule has 2 nitrogen and oxygen atoms in total. The molecule has 27 heavy (non-hydrogen) atoms. The highest BCUT2D eigenvalue weighted by atomic mass is 15.0. The molecule has 0 aliphatic carbocycles. The van der Waals surface area contributed by atoms with Crippen LogP contribution in [0.4, 0.5) is 0 Å². The maximum absolute atomic E-state index is 4.77. The predicted octanol–water partition coefficient (Wildman–Crippen LogP) is 6.46. The van der Waals surface area contributed by atoms with Gasteiger partial charge in [0.15, 0.2) is 0 Å². The van der Waals surface area contributed by atoms with Crippen LogP contribution >= 0.6 is 0 Å². The lowest BCUT2D eigenvalue weighted by molar-refractivity contribution is 1.12. The van der Waals surface area contributed by atoms with E-state index >= 15 is 0 Å². The number of hydrogen-bond acceptors (Lipinski definition) is 1. The number of nitrogens with zero attached hydrogens (tertiary/aromatic N) is 2. The first-order valence-corrected chi connectivity index (χ1v) is 9.25. The summed E-state index contributed by atoms with van der Waals surface area (Å²) in [6.45, 7) is 4.37. The van der Waals surface area contributed by atoms with Crippen molar-refractivity contribution < 1.29 is 0 Å². The van der Waals surface area contributed by atoms with E-state index in [1.807, 2.05) is 12.3 Å². The zero-order chi connectivity index (χ0) is 18.4. The van der Waals surface area contributed by atoms with Crippen LogP contribution in [0.3, 0.4) is 0 Å². The third kappa shape index (κ3) is 2.45. The Kier molecular flexibility index (Phi) is 3.58. The van der Waals surface area contributed by atoms with Crippen molar-refractivity contribution in [2.24, 2.45) is 0 Å². The lowest BCUT2D eigenvalue weighted by Gasteiger charge is -2.14. The third-order valence-corrected chi connectivity index (χ3v) is 5.29. The molecule has 0 saturated carbocycles. The van der Waals surface area contributed by atoms with Crippen LogP contribution in [0.25, 0.3) is 38.8 Å². The van der Waals surface area contributed by atoms with Gasteiger partial charge in [-0.05, 0) is 37.1 Å². The Bertz CT molecular complexity index is 1260. The van der Waals surface area contributed by atoms with Crippen LogP contribution in [0, 0.1) is 13.8 Å². The summed E-state index contributed by atoms with van der Waals surface area (Å²) < 4.78 is 2.39. The van der Waals surface area contributed by atoms with Gasteiger partial charge in [-0.2, -0.15) is 0 Å². The van der Waals surface area contributed by atoms with E-state index in [1.165, 1.54) is 38.6 Å². The smallest absolute Gasteiger partial charge is 0.0723 e. The van der Waals surface area contributed by atoms with Crippen LogP contribution in [0.2, 0.25) is 0 Å². The minimum absolute atomic E-state index is 0.999. The van der Waals surface area contributed by atoms with Crippen molar-refractivity contribution >= 4 is 21.8 Å². The minimum Gasteiger partial charge on any atom is -0.309 e. The SMILES string of the molecule is Cc1cccc(C)c1-n1c2ccccc2c2cnc(-c3ccccc3)cc21. The topological polar surface area (TPSA) is 17.8 Å². The molecule has 2 heteroatoms. The molecule has 0 atom stereocenters. The van der Waals surface area contributed by atoms with E-state index in [0.29, 0.717) is 0 Å². The molecule has 5 rings (SSSR count). The average molecular weight is 348 g/mol. The normalized spacial score (nSPS) is 11.3. The van der Waals surface area contributed by atoms with Gasteiger partial charge in [0.25, 0.3) is 0 Å². The Morgan fingerprint density at radius 2 is 1.37 bits per heavy atom. The van der Waals surface area contributed by atoms with E-state index in [4.69, 9.17) is 4.98 Å². The fourth-order valence-corrected chi connectivity index (χ4v) is 4.03. The Morgan fingerprint density at radius 1 is 0.667 bits per heavy atom. The van der Waals surface area contributed by atoms with Crippen molar-refractivity contribution in [2.75, 3.05) is 0 Å². The maximum atomic E-state index is 4.77. The molecule has 0 amide bonds. The highest BCUT2D eigenvalue weighted by molar-refractivity contribution is 6.09. The molecule has 3 aromatic carbocycles. The van der Waals surface area contributed by atoms with Crippen LogP contribution in [0.1, 0.15) is 11.1 Å². The first kappa shape index (κ1) is 15.8. The van der Waals surface area contributed by atoms with Crippen LogP contribution in [0.15, 0.2) is 85.1 Å². The number of hydrogen-bond donors (Lipinski definition) is 0. The summed E-state index contributed by atoms with van der Waals surface area (Å²) in [6.07, 6.45) is 2.02. The van der Waals surface area contributed by atoms with Gasteiger partial charge in [-0.3, -0.25) is 4.98 Å². The summed E-state index contributed by atoms with van der Waals surface area (Å²) in [7, 11) is 0. The molecule has 0 saturated heterocycles. The van der Waals surface area contributed by atoms with Crippen molar-refractivity contribution in [1.29, 1.82) is 0 Å². The molecule has 2 aromatic heterocycles. The van der Waals surface area contributed by atoms with E-state index in [-0.39, 0.29) is 0 Å². The summed E-state index contributed by atoms with van der Waals surface area (Å²) in [5.74, 6) is 0. The van der Waals surface area contributed by atoms with Crippen LogP contribution in [0.5, 0.6) is 0 Å². The molecule has 0 aliphatic heterocycles. The number of aryl methyl sites for hydroxylation is 2. The Labute approximate surface area is 158 Å². The number of aromatic nitrogens is 2. The zero-order valence-electron chi connectivity index (χ0n) is 15.5. The Morgan fingerprint density at radius 3 is 2.15 bits per heavy atom. The molecule has 130 valence electrons. The van der Waals surface area contributed by atoms with Gasteiger partial charge in [-0.15, -0.1) is 0 Å². The fraction of sp³-hybridized carbons (Fsp3) is 0.0800. The lowest BCUT2D eigenvalue weighted by atomic mass is 10.1. The molecular formula is C25H20N2. The first-order chi connectivity index (χ1) is 13.2. The van der Waals surface area contributed by atoms with Gasteiger partial charge in [0, 0.05) is 22.5 Å². The summed E-state index contributed by atoms with van der Waals surface area (Å²) in [5, 5.41) is 2.43. The third-order valence-electron chi connectivity index (χ3n) is 5.29. The predicted molar refractivity (Wildman–Crippen MR) is 113 cm³/mol. The number of rotatable bonds is 2. The van der Waals surface area contributed by atoms with E-state index < -0.39 is 0 Å². The van der Waals surface area contributed by atoms with E-state index in [9.17, 15) is 0 Å². The van der Waals surface area contributed by atoms with E-state index in [1.54, 1.807) is 0 Å². The highest BCUT2D eigenvalue weighted by Gasteiger charge is 2.16. The summed E-state index contributed by atoms with van der Waals surface area (Å²) >= 11 is 0. The number of pyridine rings is 1. The molecule has 0 bridgehead atoms. The Hall–Kier alpha value is -3.39. The number of benzene rings is 3. The second kappa shape index (κ2) is 6.10. The van der Waals surface area contributed by atoms with Crippen LogP contribution < -0.4 is 0 Å². The zero-order valence-corrected chi connectivity index (χ0v) is 15.5. The summed E-state index contributed by atoms with van der Waals surface area (Å²) in [6, 6.07) is 27.7. The molecular weight excluding hydrogens is 328 g/mol. The van der Waals surface area contributed by atoms with Gasteiger partial charge in [0.05, 0.1) is 22.4 Å². The van der Waals surface area contributed by atoms with Gasteiger partial charge in [0.1, 0.15) is 0 Å². The molecule has 0 unspecified atom stereocenters. The van der Waals surface area contributed by atoms with E-state index in [2.05, 4.69) is 91.2 Å². The van der Waals surface area contributed by atoms with Gasteiger partial charge < -0.3 is 4.57 Å². The second-order valence-electron chi connectivity index (χ2n) is 7.05. The quantitative estimate of drug-likeness (QED) is 0.358.